The molecule has 4 fully saturated rings. The van der Waals surface area contributed by atoms with Crippen molar-refractivity contribution in [2.45, 2.75) is 44.1 Å². The molecule has 1 aliphatic heterocycles. The van der Waals surface area contributed by atoms with Gasteiger partial charge in [0.2, 0.25) is 11.8 Å². The Morgan fingerprint density at radius 3 is 2.59 bits per heavy atom. The van der Waals surface area contributed by atoms with Crippen molar-refractivity contribution in [3.05, 3.63) is 34.5 Å². The molecule has 5 aliphatic rings. The SMILES string of the molecule is Oc1nc(NC23CC4CC(CC(C4)C2)C3)[nH]c1C=c1ccc2c(c1)N=CN=2. The smallest absolute Gasteiger partial charge is 0.238 e. The van der Waals surface area contributed by atoms with E-state index in [1.54, 1.807) is 6.34 Å². The van der Waals surface area contributed by atoms with E-state index in [0.717, 1.165) is 34.0 Å². The van der Waals surface area contributed by atoms with Gasteiger partial charge in [-0.3, -0.25) is 0 Å². The average molecular weight is 361 g/mol. The number of H-pyrrole nitrogens is 1. The molecule has 0 saturated heterocycles. The van der Waals surface area contributed by atoms with Crippen molar-refractivity contribution < 1.29 is 5.11 Å². The highest BCUT2D eigenvalue weighted by Gasteiger charge is 2.51. The first-order valence-corrected chi connectivity index (χ1v) is 9.93. The second-order valence-corrected chi connectivity index (χ2v) is 8.91. The van der Waals surface area contributed by atoms with E-state index >= 15 is 0 Å². The molecular weight excluding hydrogens is 338 g/mol. The lowest BCUT2D eigenvalue weighted by molar-refractivity contribution is 0.0104. The minimum absolute atomic E-state index is 0.0379. The first-order valence-electron chi connectivity index (χ1n) is 9.93. The van der Waals surface area contributed by atoms with Gasteiger partial charge >= 0.3 is 0 Å². The molecule has 27 heavy (non-hydrogen) atoms. The molecule has 0 spiro atoms. The van der Waals surface area contributed by atoms with Gasteiger partial charge in [-0.1, -0.05) is 6.07 Å². The monoisotopic (exact) mass is 361 g/mol. The van der Waals surface area contributed by atoms with E-state index < -0.39 is 0 Å². The quantitative estimate of drug-likeness (QED) is 0.785. The maximum atomic E-state index is 10.3. The van der Waals surface area contributed by atoms with Crippen LogP contribution in [0.1, 0.15) is 44.2 Å². The number of hydrogen-bond donors (Lipinski definition) is 3. The van der Waals surface area contributed by atoms with Crippen molar-refractivity contribution in [3.8, 4) is 5.88 Å². The Labute approximate surface area is 157 Å². The summed E-state index contributed by atoms with van der Waals surface area (Å²) in [6.45, 7) is 0. The number of aromatic amines is 1. The van der Waals surface area contributed by atoms with Crippen LogP contribution in [0.25, 0.3) is 6.08 Å². The van der Waals surface area contributed by atoms with Gasteiger partial charge in [-0.15, -0.1) is 0 Å². The number of hydrogen-bond acceptors (Lipinski definition) is 5. The van der Waals surface area contributed by atoms with Crippen molar-refractivity contribution in [2.24, 2.45) is 27.7 Å². The second kappa shape index (κ2) is 5.44. The van der Waals surface area contributed by atoms with Gasteiger partial charge in [-0.25, -0.2) is 9.98 Å². The van der Waals surface area contributed by atoms with Gasteiger partial charge in [0.1, 0.15) is 12.0 Å². The molecule has 3 N–H and O–H groups in total. The van der Waals surface area contributed by atoms with E-state index in [1.807, 2.05) is 24.3 Å². The number of aromatic nitrogens is 2. The number of benzene rings is 1. The van der Waals surface area contributed by atoms with Crippen LogP contribution in [-0.2, 0) is 0 Å². The predicted molar refractivity (Wildman–Crippen MR) is 104 cm³/mol. The molecular formula is C21H23N5O. The first-order chi connectivity index (χ1) is 13.1. The number of nitrogens with zero attached hydrogens (tertiary/aromatic N) is 3. The fraction of sp³-hybridized carbons (Fsp3) is 0.476. The molecule has 0 amide bonds. The first kappa shape index (κ1) is 15.4. The van der Waals surface area contributed by atoms with Gasteiger partial charge in [-0.05, 0) is 79.7 Å². The third-order valence-corrected chi connectivity index (χ3v) is 6.84. The number of imidazole rings is 1. The van der Waals surface area contributed by atoms with Crippen LogP contribution in [0.3, 0.4) is 0 Å². The molecule has 6 nitrogen and oxygen atoms in total. The molecule has 2 heterocycles. The van der Waals surface area contributed by atoms with Crippen molar-refractivity contribution in [2.75, 3.05) is 5.32 Å². The zero-order chi connectivity index (χ0) is 18.0. The van der Waals surface area contributed by atoms with Crippen LogP contribution in [0.4, 0.5) is 11.6 Å². The van der Waals surface area contributed by atoms with Crippen molar-refractivity contribution >= 4 is 24.1 Å². The number of anilines is 1. The average Bonchev–Trinajstić information content (AvgIpc) is 3.19. The normalized spacial score (nSPS) is 33.3. The summed E-state index contributed by atoms with van der Waals surface area (Å²) in [5.41, 5.74) is 1.65. The molecule has 4 bridgehead atoms. The lowest BCUT2D eigenvalue weighted by Gasteiger charge is -2.56. The minimum atomic E-state index is 0.0379. The van der Waals surface area contributed by atoms with E-state index in [9.17, 15) is 5.11 Å². The van der Waals surface area contributed by atoms with E-state index in [1.165, 1.54) is 38.5 Å². The van der Waals surface area contributed by atoms with Gasteiger partial charge in [-0.2, -0.15) is 4.98 Å². The zero-order valence-electron chi connectivity index (χ0n) is 15.2. The predicted octanol–water partition coefficient (Wildman–Crippen LogP) is 2.62. The summed E-state index contributed by atoms with van der Waals surface area (Å²) in [7, 11) is 0. The summed E-state index contributed by atoms with van der Waals surface area (Å²) in [5, 5.41) is 15.9. The summed E-state index contributed by atoms with van der Waals surface area (Å²) in [6, 6.07) is 5.88. The second-order valence-electron chi connectivity index (χ2n) is 8.91. The number of aliphatic imine (C=N–C) groups is 1. The Balaban J connectivity index is 1.30. The van der Waals surface area contributed by atoms with Crippen LogP contribution in [-0.4, -0.2) is 27.0 Å². The fourth-order valence-corrected chi connectivity index (χ4v) is 6.22. The Kier molecular flexibility index (Phi) is 3.11. The van der Waals surface area contributed by atoms with Crippen molar-refractivity contribution in [1.82, 2.24) is 9.97 Å². The molecule has 1 aromatic heterocycles. The largest absolute Gasteiger partial charge is 0.492 e. The summed E-state index contributed by atoms with van der Waals surface area (Å²) in [5.74, 6) is 3.34. The Morgan fingerprint density at radius 2 is 1.85 bits per heavy atom. The Hall–Kier alpha value is -2.63. The highest BCUT2D eigenvalue weighted by atomic mass is 16.3. The van der Waals surface area contributed by atoms with Gasteiger partial charge in [0, 0.05) is 5.54 Å². The number of fused-ring (bicyclic) bond motifs is 1. The Bertz CT molecular complexity index is 1030. The van der Waals surface area contributed by atoms with Gasteiger partial charge in [0.15, 0.2) is 0 Å². The molecule has 0 radical (unpaired) electrons. The summed E-state index contributed by atoms with van der Waals surface area (Å²) in [4.78, 5) is 16.1. The summed E-state index contributed by atoms with van der Waals surface area (Å²) < 4.78 is 0. The third kappa shape index (κ3) is 2.58. The van der Waals surface area contributed by atoms with Gasteiger partial charge in [0.25, 0.3) is 0 Å². The highest BCUT2D eigenvalue weighted by molar-refractivity contribution is 5.67. The van der Waals surface area contributed by atoms with Gasteiger partial charge < -0.3 is 15.4 Å². The van der Waals surface area contributed by atoms with E-state index in [-0.39, 0.29) is 11.4 Å². The molecule has 2 aromatic rings. The molecule has 4 saturated carbocycles. The molecule has 0 unspecified atom stereocenters. The third-order valence-electron chi connectivity index (χ3n) is 6.84. The summed E-state index contributed by atoms with van der Waals surface area (Å²) >= 11 is 0. The lowest BCUT2D eigenvalue weighted by atomic mass is 9.53. The van der Waals surface area contributed by atoms with E-state index in [4.69, 9.17) is 0 Å². The molecule has 7 rings (SSSR count). The van der Waals surface area contributed by atoms with Crippen LogP contribution in [0.15, 0.2) is 28.2 Å². The maximum absolute atomic E-state index is 10.3. The number of nitrogens with one attached hydrogen (secondary N) is 2. The maximum Gasteiger partial charge on any atom is 0.238 e. The molecule has 138 valence electrons. The number of aromatic hydroxyl groups is 1. The minimum Gasteiger partial charge on any atom is -0.492 e. The Morgan fingerprint density at radius 1 is 1.11 bits per heavy atom. The zero-order valence-corrected chi connectivity index (χ0v) is 15.2. The fourth-order valence-electron chi connectivity index (χ4n) is 6.22. The lowest BCUT2D eigenvalue weighted by Crippen LogP contribution is -2.54. The summed E-state index contributed by atoms with van der Waals surface area (Å²) in [6.07, 6.45) is 11.4. The van der Waals surface area contributed by atoms with E-state index in [2.05, 4.69) is 25.3 Å². The standard InChI is InChI=1S/C21H23N5O/c27-19-18(7-12-1-2-16-17(6-12)23-11-22-16)24-20(25-19)26-21-8-13-3-14(9-21)5-15(4-13)10-21/h1-2,6-7,11,13-15,27H,3-5,8-10H2,(H2,24,25,26). The topological polar surface area (TPSA) is 85.7 Å². The molecule has 0 atom stereocenters. The number of rotatable bonds is 3. The molecule has 6 heteroatoms. The van der Waals surface area contributed by atoms with Crippen LogP contribution in [0, 0.1) is 17.8 Å². The highest BCUT2D eigenvalue weighted by Crippen LogP contribution is 2.56. The van der Waals surface area contributed by atoms with Crippen molar-refractivity contribution in [3.63, 3.8) is 0 Å². The molecule has 4 aliphatic carbocycles. The van der Waals surface area contributed by atoms with E-state index in [0.29, 0.717) is 11.6 Å². The molecule has 1 aromatic carbocycles. The van der Waals surface area contributed by atoms with Crippen molar-refractivity contribution in [1.29, 1.82) is 0 Å². The van der Waals surface area contributed by atoms with Crippen LogP contribution < -0.4 is 15.9 Å². The van der Waals surface area contributed by atoms with Crippen LogP contribution >= 0.6 is 0 Å². The van der Waals surface area contributed by atoms with Crippen LogP contribution in [0.2, 0.25) is 0 Å². The van der Waals surface area contributed by atoms with Gasteiger partial charge in [0.05, 0.1) is 11.0 Å². The van der Waals surface area contributed by atoms with Crippen LogP contribution in [0.5, 0.6) is 5.88 Å².